The zero-order valence-electron chi connectivity index (χ0n) is 10.4. The number of amides is 2. The van der Waals surface area contributed by atoms with Gasteiger partial charge in [0.2, 0.25) is 11.8 Å². The van der Waals surface area contributed by atoms with Gasteiger partial charge in [0.1, 0.15) is 0 Å². The minimum atomic E-state index is -0.139. The van der Waals surface area contributed by atoms with E-state index in [1.807, 2.05) is 0 Å². The molecule has 7 heteroatoms. The fourth-order valence-electron chi connectivity index (χ4n) is 1.67. The second kappa shape index (κ2) is 7.37. The largest absolute Gasteiger partial charge is 0.326 e. The van der Waals surface area contributed by atoms with E-state index in [-0.39, 0.29) is 30.3 Å². The molecule has 0 aromatic heterocycles. The Morgan fingerprint density at radius 1 is 1.32 bits per heavy atom. The van der Waals surface area contributed by atoms with E-state index in [1.54, 1.807) is 36.0 Å². The Morgan fingerprint density at radius 2 is 2.00 bits per heavy atom. The van der Waals surface area contributed by atoms with Crippen molar-refractivity contribution < 1.29 is 9.59 Å². The van der Waals surface area contributed by atoms with Gasteiger partial charge in [-0.2, -0.15) is 0 Å². The van der Waals surface area contributed by atoms with Crippen LogP contribution in [0.5, 0.6) is 0 Å². The monoisotopic (exact) mass is 301 g/mol. The number of hydrogen-bond acceptors (Lipinski definition) is 4. The minimum Gasteiger partial charge on any atom is -0.326 e. The van der Waals surface area contributed by atoms with E-state index in [2.05, 4.69) is 16.0 Å². The van der Waals surface area contributed by atoms with Crippen molar-refractivity contribution in [3.63, 3.8) is 0 Å². The summed E-state index contributed by atoms with van der Waals surface area (Å²) in [6, 6.07) is 6.96. The zero-order chi connectivity index (χ0) is 13.0. The van der Waals surface area contributed by atoms with Gasteiger partial charge in [0.05, 0.1) is 6.04 Å². The van der Waals surface area contributed by atoms with Crippen molar-refractivity contribution in [2.24, 2.45) is 0 Å². The lowest BCUT2D eigenvalue weighted by atomic mass is 10.2. The Balaban J connectivity index is 0.00000180. The van der Waals surface area contributed by atoms with Gasteiger partial charge in [-0.15, -0.1) is 24.2 Å². The first-order valence-corrected chi connectivity index (χ1v) is 6.80. The number of rotatable bonds is 3. The summed E-state index contributed by atoms with van der Waals surface area (Å²) < 4.78 is 0. The normalized spacial score (nSPS) is 17.4. The molecule has 1 atom stereocenters. The van der Waals surface area contributed by atoms with Crippen LogP contribution in [0.25, 0.3) is 0 Å². The van der Waals surface area contributed by atoms with E-state index in [0.717, 1.165) is 11.6 Å². The van der Waals surface area contributed by atoms with Gasteiger partial charge in [0.15, 0.2) is 0 Å². The molecule has 1 saturated heterocycles. The van der Waals surface area contributed by atoms with E-state index >= 15 is 0 Å². The van der Waals surface area contributed by atoms with Crippen LogP contribution in [0, 0.1) is 0 Å². The maximum absolute atomic E-state index is 11.9. The smallest absolute Gasteiger partial charge is 0.242 e. The summed E-state index contributed by atoms with van der Waals surface area (Å²) >= 11 is 1.70. The van der Waals surface area contributed by atoms with Gasteiger partial charge >= 0.3 is 0 Å². The minimum absolute atomic E-state index is 0. The number of anilines is 2. The van der Waals surface area contributed by atoms with Gasteiger partial charge in [-0.3, -0.25) is 14.9 Å². The van der Waals surface area contributed by atoms with Crippen molar-refractivity contribution in [1.82, 2.24) is 5.32 Å². The Hall–Kier alpha value is -1.24. The Morgan fingerprint density at radius 3 is 2.58 bits per heavy atom. The highest BCUT2D eigenvalue weighted by atomic mass is 35.5. The fraction of sp³-hybridized carbons (Fsp3) is 0.333. The lowest BCUT2D eigenvalue weighted by Crippen LogP contribution is -2.37. The van der Waals surface area contributed by atoms with Crippen LogP contribution in [0.2, 0.25) is 0 Å². The van der Waals surface area contributed by atoms with Gasteiger partial charge in [-0.05, 0) is 18.2 Å². The molecule has 1 aromatic rings. The molecule has 1 aromatic carbocycles. The zero-order valence-corrected chi connectivity index (χ0v) is 12.1. The number of hydrogen-bond donors (Lipinski definition) is 3. The molecular weight excluding hydrogens is 286 g/mol. The van der Waals surface area contributed by atoms with Crippen LogP contribution in [0.15, 0.2) is 24.3 Å². The summed E-state index contributed by atoms with van der Waals surface area (Å²) in [6.45, 7) is 1.45. The maximum Gasteiger partial charge on any atom is 0.242 e. The van der Waals surface area contributed by atoms with E-state index in [1.165, 1.54) is 6.92 Å². The van der Waals surface area contributed by atoms with Crippen LogP contribution in [0.1, 0.15) is 6.92 Å². The SMILES string of the molecule is CC(=O)Nc1cccc(NC(=O)C2CSCN2)c1.Cl. The predicted octanol–water partition coefficient (Wildman–Crippen LogP) is 1.67. The molecule has 3 N–H and O–H groups in total. The van der Waals surface area contributed by atoms with Gasteiger partial charge < -0.3 is 10.6 Å². The fourth-order valence-corrected chi connectivity index (χ4v) is 2.61. The number of halogens is 1. The molecule has 5 nitrogen and oxygen atoms in total. The number of thioether (sulfide) groups is 1. The van der Waals surface area contributed by atoms with Crippen LogP contribution in [0.4, 0.5) is 11.4 Å². The van der Waals surface area contributed by atoms with Crippen LogP contribution in [-0.4, -0.2) is 29.5 Å². The highest BCUT2D eigenvalue weighted by molar-refractivity contribution is 7.99. The molecule has 0 aliphatic carbocycles. The van der Waals surface area contributed by atoms with Crippen molar-refractivity contribution in [3.05, 3.63) is 24.3 Å². The molecule has 0 radical (unpaired) electrons. The van der Waals surface area contributed by atoms with Crippen molar-refractivity contribution >= 4 is 47.4 Å². The molecular formula is C12H16ClN3O2S. The van der Waals surface area contributed by atoms with Crippen LogP contribution in [0.3, 0.4) is 0 Å². The number of carbonyl (C=O) groups is 2. The summed E-state index contributed by atoms with van der Waals surface area (Å²) in [7, 11) is 0. The molecule has 1 aliphatic rings. The molecule has 1 unspecified atom stereocenters. The molecule has 0 saturated carbocycles. The highest BCUT2D eigenvalue weighted by Crippen LogP contribution is 2.17. The van der Waals surface area contributed by atoms with E-state index < -0.39 is 0 Å². The standard InChI is InChI=1S/C12H15N3O2S.ClH/c1-8(16)14-9-3-2-4-10(5-9)15-12(17)11-6-18-7-13-11;/h2-5,11,13H,6-7H2,1H3,(H,14,16)(H,15,17);1H. The lowest BCUT2D eigenvalue weighted by molar-refractivity contribution is -0.117. The number of carbonyl (C=O) groups excluding carboxylic acids is 2. The van der Waals surface area contributed by atoms with E-state index in [4.69, 9.17) is 0 Å². The molecule has 2 amide bonds. The third-order valence-corrected chi connectivity index (χ3v) is 3.42. The summed E-state index contributed by atoms with van der Waals surface area (Å²) in [5.74, 6) is 1.42. The third-order valence-electron chi connectivity index (χ3n) is 2.48. The van der Waals surface area contributed by atoms with Crippen LogP contribution in [-0.2, 0) is 9.59 Å². The lowest BCUT2D eigenvalue weighted by Gasteiger charge is -2.11. The second-order valence-electron chi connectivity index (χ2n) is 4.02. The average Bonchev–Trinajstić information content (AvgIpc) is 2.81. The first kappa shape index (κ1) is 15.8. The molecule has 0 bridgehead atoms. The van der Waals surface area contributed by atoms with Gasteiger partial charge in [-0.1, -0.05) is 6.07 Å². The van der Waals surface area contributed by atoms with Crippen molar-refractivity contribution in [2.45, 2.75) is 13.0 Å². The Labute approximate surface area is 122 Å². The molecule has 19 heavy (non-hydrogen) atoms. The summed E-state index contributed by atoms with van der Waals surface area (Å²) in [5, 5.41) is 8.61. The molecule has 0 spiro atoms. The van der Waals surface area contributed by atoms with Crippen molar-refractivity contribution in [2.75, 3.05) is 22.3 Å². The molecule has 1 heterocycles. The third kappa shape index (κ3) is 4.74. The second-order valence-corrected chi connectivity index (χ2v) is 5.05. The van der Waals surface area contributed by atoms with Gasteiger partial charge in [0, 0.05) is 29.9 Å². The Kier molecular flexibility index (Phi) is 6.14. The van der Waals surface area contributed by atoms with Crippen molar-refractivity contribution in [1.29, 1.82) is 0 Å². The summed E-state index contributed by atoms with van der Waals surface area (Å²) in [6.07, 6.45) is 0. The van der Waals surface area contributed by atoms with E-state index in [9.17, 15) is 9.59 Å². The topological polar surface area (TPSA) is 70.2 Å². The summed E-state index contributed by atoms with van der Waals surface area (Å²) in [5.41, 5.74) is 1.36. The first-order valence-electron chi connectivity index (χ1n) is 5.65. The molecule has 1 aliphatic heterocycles. The quantitative estimate of drug-likeness (QED) is 0.794. The average molecular weight is 302 g/mol. The van der Waals surface area contributed by atoms with Crippen LogP contribution < -0.4 is 16.0 Å². The highest BCUT2D eigenvalue weighted by Gasteiger charge is 2.22. The Bertz CT molecular complexity index is 464. The molecule has 1 fully saturated rings. The molecule has 104 valence electrons. The summed E-state index contributed by atoms with van der Waals surface area (Å²) in [4.78, 5) is 22.8. The van der Waals surface area contributed by atoms with E-state index in [0.29, 0.717) is 11.4 Å². The predicted molar refractivity (Wildman–Crippen MR) is 80.9 cm³/mol. The number of nitrogens with one attached hydrogen (secondary N) is 3. The van der Waals surface area contributed by atoms with Gasteiger partial charge in [-0.25, -0.2) is 0 Å². The number of benzene rings is 1. The van der Waals surface area contributed by atoms with Gasteiger partial charge in [0.25, 0.3) is 0 Å². The van der Waals surface area contributed by atoms with Crippen LogP contribution >= 0.6 is 24.2 Å². The maximum atomic E-state index is 11.9. The first-order chi connectivity index (χ1) is 8.65. The molecule has 2 rings (SSSR count). The van der Waals surface area contributed by atoms with Crippen molar-refractivity contribution in [3.8, 4) is 0 Å².